The van der Waals surface area contributed by atoms with Crippen LogP contribution in [-0.2, 0) is 16.6 Å². The van der Waals surface area contributed by atoms with E-state index in [1.165, 1.54) is 0 Å². The van der Waals surface area contributed by atoms with Crippen LogP contribution in [-0.4, -0.2) is 20.8 Å². The Labute approximate surface area is 50.4 Å². The maximum atomic E-state index is 8.35. The Balaban J connectivity index is 0. The SMILES string of the molecule is N=C=O.OP(O)(O)=S. The van der Waals surface area contributed by atoms with Gasteiger partial charge in [0.15, 0.2) is 0 Å². The fraction of sp³-hybridized carbons (Fsp3) is 0. The number of hydrogen-bond donors (Lipinski definition) is 4. The Hall–Kier alpha value is -0.0900. The summed E-state index contributed by atoms with van der Waals surface area (Å²) in [7, 11) is 0. The minimum atomic E-state index is -3.81. The first-order chi connectivity index (χ1) is 3.41. The summed E-state index contributed by atoms with van der Waals surface area (Å²) in [6.45, 7) is -3.81. The van der Waals surface area contributed by atoms with Crippen molar-refractivity contribution < 1.29 is 19.5 Å². The van der Waals surface area contributed by atoms with Gasteiger partial charge in [0, 0.05) is 0 Å². The van der Waals surface area contributed by atoms with Crippen LogP contribution in [0.1, 0.15) is 0 Å². The quantitative estimate of drug-likeness (QED) is 0.207. The number of nitrogens with one attached hydrogen (secondary N) is 1. The molecule has 0 saturated heterocycles. The van der Waals surface area contributed by atoms with Crippen molar-refractivity contribution in [3.05, 3.63) is 0 Å². The van der Waals surface area contributed by atoms with Crippen molar-refractivity contribution in [1.29, 1.82) is 5.41 Å². The third-order valence-electron chi connectivity index (χ3n) is 0. The van der Waals surface area contributed by atoms with Gasteiger partial charge in [-0.2, -0.15) is 0 Å². The lowest BCUT2D eigenvalue weighted by atomic mass is 11.7. The van der Waals surface area contributed by atoms with E-state index >= 15 is 0 Å². The molecule has 0 saturated carbocycles. The highest BCUT2D eigenvalue weighted by atomic mass is 32.5. The number of hydrogen-bond acceptors (Lipinski definition) is 3. The highest BCUT2D eigenvalue weighted by Crippen LogP contribution is 2.26. The maximum absolute atomic E-state index is 8.35. The van der Waals surface area contributed by atoms with Crippen molar-refractivity contribution in [1.82, 2.24) is 0 Å². The largest absolute Gasteiger partial charge is 0.325 e. The molecule has 48 valence electrons. The summed E-state index contributed by atoms with van der Waals surface area (Å²) >= 11 is 3.60. The van der Waals surface area contributed by atoms with Crippen LogP contribution in [0.4, 0.5) is 0 Å². The van der Waals surface area contributed by atoms with E-state index in [4.69, 9.17) is 24.9 Å². The van der Waals surface area contributed by atoms with E-state index in [1.807, 2.05) is 0 Å². The van der Waals surface area contributed by atoms with Crippen LogP contribution in [0.2, 0.25) is 0 Å². The average molecular weight is 157 g/mol. The molecule has 0 radical (unpaired) electrons. The van der Waals surface area contributed by atoms with E-state index in [0.717, 1.165) is 6.08 Å². The van der Waals surface area contributed by atoms with Gasteiger partial charge in [-0.15, -0.1) is 0 Å². The summed E-state index contributed by atoms with van der Waals surface area (Å²) in [5.74, 6) is 0. The molecule has 0 rings (SSSR count). The summed E-state index contributed by atoms with van der Waals surface area (Å²) in [5, 5.41) is 5.40. The Morgan fingerprint density at radius 2 is 1.50 bits per heavy atom. The first kappa shape index (κ1) is 10.8. The monoisotopic (exact) mass is 157 g/mol. The first-order valence-electron chi connectivity index (χ1n) is 1.24. The Morgan fingerprint density at radius 1 is 1.50 bits per heavy atom. The van der Waals surface area contributed by atoms with Gasteiger partial charge in [-0.1, -0.05) is 0 Å². The fourth-order valence-electron chi connectivity index (χ4n) is 0. The average Bonchev–Trinajstić information content (AvgIpc) is 1.27. The molecular formula is CH4NO4PS. The van der Waals surface area contributed by atoms with Crippen molar-refractivity contribution in [3.8, 4) is 0 Å². The van der Waals surface area contributed by atoms with Gasteiger partial charge in [0.25, 0.3) is 0 Å². The Bertz CT molecular complexity index is 114. The van der Waals surface area contributed by atoms with Crippen LogP contribution < -0.4 is 0 Å². The Kier molecular flexibility index (Phi) is 6.83. The topological polar surface area (TPSA) is 102 Å². The zero-order valence-corrected chi connectivity index (χ0v) is 5.32. The van der Waals surface area contributed by atoms with Crippen LogP contribution >= 0.6 is 6.72 Å². The van der Waals surface area contributed by atoms with Crippen molar-refractivity contribution in [2.45, 2.75) is 0 Å². The highest BCUT2D eigenvalue weighted by molar-refractivity contribution is 8.06. The second-order valence-electron chi connectivity index (χ2n) is 0.615. The fourth-order valence-corrected chi connectivity index (χ4v) is 0. The molecule has 0 aliphatic rings. The molecule has 0 spiro atoms. The van der Waals surface area contributed by atoms with E-state index in [9.17, 15) is 0 Å². The molecule has 0 fully saturated rings. The van der Waals surface area contributed by atoms with Gasteiger partial charge in [-0.05, 0) is 11.8 Å². The standard InChI is InChI=1S/CHNO.H3O3PS/c2-1-3;1-4(2,3)5/h2H;(H3,1,2,3,5). The van der Waals surface area contributed by atoms with E-state index in [1.54, 1.807) is 0 Å². The van der Waals surface area contributed by atoms with Crippen LogP contribution in [0, 0.1) is 5.41 Å². The molecule has 0 aromatic heterocycles. The van der Waals surface area contributed by atoms with Crippen molar-refractivity contribution in [2.75, 3.05) is 0 Å². The molecule has 0 aliphatic carbocycles. The summed E-state index contributed by atoms with van der Waals surface area (Å²) in [6, 6.07) is 0. The first-order valence-corrected chi connectivity index (χ1v) is 3.90. The molecule has 8 heavy (non-hydrogen) atoms. The highest BCUT2D eigenvalue weighted by Gasteiger charge is 1.92. The van der Waals surface area contributed by atoms with Gasteiger partial charge in [0.2, 0.25) is 6.08 Å². The molecule has 0 aliphatic heterocycles. The van der Waals surface area contributed by atoms with Crippen LogP contribution in [0.3, 0.4) is 0 Å². The van der Waals surface area contributed by atoms with E-state index < -0.39 is 6.72 Å². The molecule has 0 amide bonds. The second-order valence-corrected chi connectivity index (χ2v) is 3.11. The second kappa shape index (κ2) is 5.05. The molecule has 0 aromatic rings. The van der Waals surface area contributed by atoms with Gasteiger partial charge in [-0.3, -0.25) is 0 Å². The maximum Gasteiger partial charge on any atom is 0.319 e. The predicted octanol–water partition coefficient (Wildman–Crippen LogP) is -0.911. The zero-order valence-electron chi connectivity index (χ0n) is 3.61. The van der Waals surface area contributed by atoms with Gasteiger partial charge >= 0.3 is 6.72 Å². The summed E-state index contributed by atoms with van der Waals surface area (Å²) in [4.78, 5) is 31.0. The lowest BCUT2D eigenvalue weighted by molar-refractivity contribution is 0.363. The summed E-state index contributed by atoms with van der Waals surface area (Å²) < 4.78 is 0. The normalized spacial score (nSPS) is 8.38. The van der Waals surface area contributed by atoms with Crippen LogP contribution in [0.5, 0.6) is 0 Å². The number of isocyanates is 1. The number of carbonyl (C=O) groups excluding carboxylic acids is 1. The molecular weight excluding hydrogens is 153 g/mol. The smallest absolute Gasteiger partial charge is 0.319 e. The van der Waals surface area contributed by atoms with E-state index in [2.05, 4.69) is 11.8 Å². The molecule has 0 unspecified atom stereocenters. The van der Waals surface area contributed by atoms with E-state index in [0.29, 0.717) is 0 Å². The van der Waals surface area contributed by atoms with Gasteiger partial charge in [0.05, 0.1) is 0 Å². The van der Waals surface area contributed by atoms with Gasteiger partial charge in [-0.25, -0.2) is 10.2 Å². The Morgan fingerprint density at radius 3 is 1.50 bits per heavy atom. The number of rotatable bonds is 0. The van der Waals surface area contributed by atoms with Crippen molar-refractivity contribution in [2.24, 2.45) is 0 Å². The van der Waals surface area contributed by atoms with Crippen LogP contribution in [0.15, 0.2) is 0 Å². The van der Waals surface area contributed by atoms with Gasteiger partial charge in [0.1, 0.15) is 0 Å². The third kappa shape index (κ3) is 17600. The third-order valence-corrected chi connectivity index (χ3v) is 0. The molecule has 4 N–H and O–H groups in total. The predicted molar refractivity (Wildman–Crippen MR) is 29.4 cm³/mol. The van der Waals surface area contributed by atoms with Gasteiger partial charge < -0.3 is 14.7 Å². The molecule has 0 heterocycles. The minimum Gasteiger partial charge on any atom is -0.325 e. The summed E-state index contributed by atoms with van der Waals surface area (Å²) in [6.07, 6.45) is 0.750. The van der Waals surface area contributed by atoms with Crippen molar-refractivity contribution >= 4 is 24.6 Å². The molecule has 7 heteroatoms. The molecule has 5 nitrogen and oxygen atoms in total. The minimum absolute atomic E-state index is 0.750. The van der Waals surface area contributed by atoms with Crippen molar-refractivity contribution in [3.63, 3.8) is 0 Å². The summed E-state index contributed by atoms with van der Waals surface area (Å²) in [5.41, 5.74) is 0. The van der Waals surface area contributed by atoms with Crippen LogP contribution in [0.25, 0.3) is 0 Å². The zero-order chi connectivity index (χ0) is 7.21. The molecule has 0 aromatic carbocycles. The lowest BCUT2D eigenvalue weighted by Gasteiger charge is -1.88. The molecule has 0 atom stereocenters. The lowest BCUT2D eigenvalue weighted by Crippen LogP contribution is -1.65. The molecule has 0 bridgehead atoms. The van der Waals surface area contributed by atoms with E-state index in [-0.39, 0.29) is 0 Å².